The first-order chi connectivity index (χ1) is 21.8. The summed E-state index contributed by atoms with van der Waals surface area (Å²) in [6.07, 6.45) is 3.31. The quantitative estimate of drug-likeness (QED) is 0.190. The highest BCUT2D eigenvalue weighted by atomic mass is 35.5. The van der Waals surface area contributed by atoms with E-state index in [-0.39, 0.29) is 47.6 Å². The van der Waals surface area contributed by atoms with Gasteiger partial charge >= 0.3 is 5.69 Å². The normalized spacial score (nSPS) is 16.8. The molecule has 1 aliphatic heterocycles. The number of pyridine rings is 1. The van der Waals surface area contributed by atoms with Crippen LogP contribution in [0.1, 0.15) is 70.2 Å². The summed E-state index contributed by atoms with van der Waals surface area (Å²) in [5, 5.41) is 0.822. The van der Waals surface area contributed by atoms with Gasteiger partial charge in [-0.2, -0.15) is 4.98 Å². The van der Waals surface area contributed by atoms with E-state index in [4.69, 9.17) is 11.6 Å². The van der Waals surface area contributed by atoms with Crippen LogP contribution in [-0.2, 0) is 4.79 Å². The summed E-state index contributed by atoms with van der Waals surface area (Å²) >= 11 is 6.97. The molecule has 2 aromatic carbocycles. The summed E-state index contributed by atoms with van der Waals surface area (Å²) in [5.41, 5.74) is 3.40. The zero-order chi connectivity index (χ0) is 33.6. The van der Waals surface area contributed by atoms with Crippen LogP contribution in [0.2, 0.25) is 5.02 Å². The highest BCUT2D eigenvalue weighted by Crippen LogP contribution is 2.41. The first-order valence-corrected chi connectivity index (χ1v) is 15.7. The second-order valence-electron chi connectivity index (χ2n) is 12.5. The van der Waals surface area contributed by atoms with Crippen LogP contribution in [0.5, 0.6) is 0 Å². The largest absolute Gasteiger partial charge is 0.354 e. The molecule has 240 valence electrons. The van der Waals surface area contributed by atoms with Gasteiger partial charge in [-0.1, -0.05) is 70.7 Å². The number of amides is 1. The lowest BCUT2D eigenvalue weighted by atomic mass is 9.95. The minimum atomic E-state index is -1.02. The van der Waals surface area contributed by atoms with E-state index in [2.05, 4.69) is 23.1 Å². The number of halogens is 3. The minimum Gasteiger partial charge on any atom is -0.347 e. The number of carbonyl (C=O) groups is 1. The van der Waals surface area contributed by atoms with E-state index in [1.807, 2.05) is 52.5 Å². The SMILES string of the molecule is C=Cc1cccc(F)c1-c1cc2c(cc1Cl)c(N1[C@@H](C)CN(C(=O)C(=C)F)C[C@@H]1C)nc(=O)n2-c1c(C(C)C)ccnc1C(C)C. The number of hydrogen-bond donors (Lipinski definition) is 0. The average Bonchev–Trinajstić information content (AvgIpc) is 2.99. The number of fused-ring (bicyclic) bond motifs is 1. The van der Waals surface area contributed by atoms with E-state index in [9.17, 15) is 14.0 Å². The first kappa shape index (κ1) is 33.0. The van der Waals surface area contributed by atoms with Crippen molar-refractivity contribution in [3.05, 3.63) is 99.7 Å². The molecule has 1 fully saturated rings. The maximum atomic E-state index is 15.5. The third kappa shape index (κ3) is 5.73. The molecule has 1 amide bonds. The van der Waals surface area contributed by atoms with Crippen LogP contribution in [0.25, 0.3) is 33.8 Å². The van der Waals surface area contributed by atoms with Gasteiger partial charge in [0.05, 0.1) is 16.9 Å². The summed E-state index contributed by atoms with van der Waals surface area (Å²) in [5.74, 6) is -1.89. The summed E-state index contributed by atoms with van der Waals surface area (Å²) in [4.78, 5) is 39.6. The van der Waals surface area contributed by atoms with E-state index in [0.29, 0.717) is 33.5 Å². The van der Waals surface area contributed by atoms with E-state index >= 15 is 4.39 Å². The van der Waals surface area contributed by atoms with Gasteiger partial charge in [0.1, 0.15) is 11.6 Å². The van der Waals surface area contributed by atoms with Gasteiger partial charge in [-0.15, -0.1) is 0 Å². The Bertz CT molecular complexity index is 1900. The van der Waals surface area contributed by atoms with Crippen LogP contribution in [0.4, 0.5) is 14.6 Å². The lowest BCUT2D eigenvalue weighted by molar-refractivity contribution is -0.129. The van der Waals surface area contributed by atoms with Crippen LogP contribution in [-0.4, -0.2) is 50.5 Å². The molecule has 0 unspecified atom stereocenters. The highest BCUT2D eigenvalue weighted by molar-refractivity contribution is 6.34. The number of anilines is 1. The molecule has 1 aliphatic rings. The predicted octanol–water partition coefficient (Wildman–Crippen LogP) is 8.04. The van der Waals surface area contributed by atoms with E-state index in [1.54, 1.807) is 41.1 Å². The van der Waals surface area contributed by atoms with Crippen molar-refractivity contribution in [2.75, 3.05) is 18.0 Å². The van der Waals surface area contributed by atoms with Crippen molar-refractivity contribution in [2.45, 2.75) is 65.5 Å². The molecule has 2 atom stereocenters. The highest BCUT2D eigenvalue weighted by Gasteiger charge is 2.35. The smallest absolute Gasteiger partial charge is 0.347 e. The number of carbonyl (C=O) groups excluding carboxylic acids is 1. The minimum absolute atomic E-state index is 0.0306. The molecule has 0 N–H and O–H groups in total. The number of benzene rings is 2. The fourth-order valence-electron chi connectivity index (χ4n) is 6.52. The molecular formula is C36H38ClF2N5O2. The third-order valence-corrected chi connectivity index (χ3v) is 8.87. The van der Waals surface area contributed by atoms with E-state index in [1.165, 1.54) is 11.0 Å². The zero-order valence-electron chi connectivity index (χ0n) is 26.9. The molecule has 46 heavy (non-hydrogen) atoms. The van der Waals surface area contributed by atoms with E-state index in [0.717, 1.165) is 11.3 Å². The molecule has 4 aromatic rings. The Morgan fingerprint density at radius 3 is 2.35 bits per heavy atom. The van der Waals surface area contributed by atoms with Crippen LogP contribution in [0, 0.1) is 5.82 Å². The van der Waals surface area contributed by atoms with Crippen molar-refractivity contribution in [2.24, 2.45) is 0 Å². The van der Waals surface area contributed by atoms with Gasteiger partial charge in [0.2, 0.25) is 0 Å². The lowest BCUT2D eigenvalue weighted by Crippen LogP contribution is -2.59. The van der Waals surface area contributed by atoms with Crippen molar-refractivity contribution in [3.8, 4) is 16.8 Å². The van der Waals surface area contributed by atoms with Crippen molar-refractivity contribution in [1.82, 2.24) is 19.4 Å². The van der Waals surface area contributed by atoms with Crippen molar-refractivity contribution >= 4 is 40.3 Å². The monoisotopic (exact) mass is 645 g/mol. The molecule has 0 radical (unpaired) electrons. The predicted molar refractivity (Wildman–Crippen MR) is 182 cm³/mol. The van der Waals surface area contributed by atoms with Gasteiger partial charge in [-0.05, 0) is 61.1 Å². The molecule has 7 nitrogen and oxygen atoms in total. The van der Waals surface area contributed by atoms with Crippen LogP contribution < -0.4 is 10.6 Å². The Kier molecular flexibility index (Phi) is 9.18. The fraction of sp³-hybridized carbons (Fsp3) is 0.333. The van der Waals surface area contributed by atoms with Gasteiger partial charge in [-0.25, -0.2) is 13.6 Å². The molecule has 10 heteroatoms. The standard InChI is InChI=1S/C36H38ClF2N5O2/c1-9-24-11-10-12-29(39)31(24)26-16-30-27(15-28(26)37)34(43-21(6)17-42(18-22(43)7)35(45)23(8)38)41-36(46)44(30)33-25(19(2)3)13-14-40-32(33)20(4)5/h9-16,19-22H,1,8,17-18H2,2-7H3/t21-,22-/m0/s1. The molecule has 0 aliphatic carbocycles. The zero-order valence-corrected chi connectivity index (χ0v) is 27.7. The fourth-order valence-corrected chi connectivity index (χ4v) is 6.78. The molecule has 0 spiro atoms. The number of piperazine rings is 1. The molecular weight excluding hydrogens is 608 g/mol. The molecule has 2 aromatic heterocycles. The van der Waals surface area contributed by atoms with Gasteiger partial charge in [-0.3, -0.25) is 14.3 Å². The second kappa shape index (κ2) is 12.8. The maximum Gasteiger partial charge on any atom is 0.354 e. The lowest BCUT2D eigenvalue weighted by Gasteiger charge is -2.45. The van der Waals surface area contributed by atoms with E-state index < -0.39 is 23.2 Å². The van der Waals surface area contributed by atoms with Crippen molar-refractivity contribution in [3.63, 3.8) is 0 Å². The Morgan fingerprint density at radius 1 is 1.09 bits per heavy atom. The van der Waals surface area contributed by atoms with Crippen LogP contribution in [0.3, 0.4) is 0 Å². The van der Waals surface area contributed by atoms with Crippen LogP contribution in [0.15, 0.2) is 66.4 Å². The van der Waals surface area contributed by atoms with Gasteiger partial charge < -0.3 is 9.80 Å². The summed E-state index contributed by atoms with van der Waals surface area (Å²) in [6, 6.07) is 9.39. The molecule has 0 saturated carbocycles. The average molecular weight is 646 g/mol. The third-order valence-electron chi connectivity index (χ3n) is 8.55. The Morgan fingerprint density at radius 2 is 1.76 bits per heavy atom. The molecule has 0 bridgehead atoms. The topological polar surface area (TPSA) is 71.3 Å². The first-order valence-electron chi connectivity index (χ1n) is 15.4. The number of rotatable bonds is 7. The van der Waals surface area contributed by atoms with Gasteiger partial charge in [0.15, 0.2) is 5.83 Å². The molecule has 1 saturated heterocycles. The van der Waals surface area contributed by atoms with Gasteiger partial charge in [0.25, 0.3) is 5.91 Å². The van der Waals surface area contributed by atoms with Crippen LogP contribution >= 0.6 is 11.6 Å². The number of hydrogen-bond acceptors (Lipinski definition) is 5. The molecule has 5 rings (SSSR count). The number of nitrogens with zero attached hydrogens (tertiary/aromatic N) is 5. The Labute approximate surface area is 272 Å². The maximum absolute atomic E-state index is 15.5. The Balaban J connectivity index is 1.88. The van der Waals surface area contributed by atoms with Crippen molar-refractivity contribution in [1.29, 1.82) is 0 Å². The number of aromatic nitrogens is 3. The summed E-state index contributed by atoms with van der Waals surface area (Å²) < 4.78 is 30.9. The van der Waals surface area contributed by atoms with Gasteiger partial charge in [0, 0.05) is 52.9 Å². The summed E-state index contributed by atoms with van der Waals surface area (Å²) in [7, 11) is 0. The second-order valence-corrected chi connectivity index (χ2v) is 12.9. The summed E-state index contributed by atoms with van der Waals surface area (Å²) in [6.45, 7) is 19.3. The molecule has 3 heterocycles. The Hall–Kier alpha value is -4.37. The van der Waals surface area contributed by atoms with Crippen molar-refractivity contribution < 1.29 is 13.6 Å².